The molecule has 2 heterocycles. The van der Waals surface area contributed by atoms with E-state index in [9.17, 15) is 0 Å². The second kappa shape index (κ2) is 3.87. The molecule has 1 saturated carbocycles. The third kappa shape index (κ3) is 1.90. The number of nitrogens with zero attached hydrogens (tertiary/aromatic N) is 4. The van der Waals surface area contributed by atoms with Gasteiger partial charge in [-0.15, -0.1) is 0 Å². The second-order valence-corrected chi connectivity index (χ2v) is 4.47. The number of nitrogens with one attached hydrogen (secondary N) is 1. The van der Waals surface area contributed by atoms with E-state index in [1.165, 1.54) is 12.8 Å². The van der Waals surface area contributed by atoms with Crippen LogP contribution in [0.25, 0.3) is 11.2 Å². The van der Waals surface area contributed by atoms with E-state index in [0.717, 1.165) is 36.0 Å². The summed E-state index contributed by atoms with van der Waals surface area (Å²) in [6.45, 7) is 3.80. The fourth-order valence-electron chi connectivity index (χ4n) is 1.96. The molecule has 1 aliphatic carbocycles. The van der Waals surface area contributed by atoms with Crippen LogP contribution in [-0.4, -0.2) is 26.1 Å². The summed E-state index contributed by atoms with van der Waals surface area (Å²) in [4.78, 5) is 12.8. The third-order valence-corrected chi connectivity index (χ3v) is 2.98. The lowest BCUT2D eigenvalue weighted by Crippen LogP contribution is -2.06. The summed E-state index contributed by atoms with van der Waals surface area (Å²) >= 11 is 0. The van der Waals surface area contributed by atoms with E-state index in [0.29, 0.717) is 5.95 Å². The normalized spacial score (nSPS) is 15.4. The largest absolute Gasteiger partial charge is 0.368 e. The first-order chi connectivity index (χ1) is 8.28. The van der Waals surface area contributed by atoms with Crippen LogP contribution in [-0.2, 0) is 6.54 Å². The molecule has 1 aliphatic rings. The maximum Gasteiger partial charge on any atom is 0.224 e. The molecule has 0 unspecified atom stereocenters. The molecule has 3 rings (SSSR count). The Kier molecular flexibility index (Phi) is 2.35. The molecule has 0 amide bonds. The summed E-state index contributed by atoms with van der Waals surface area (Å²) in [5, 5.41) is 3.17. The van der Waals surface area contributed by atoms with Crippen molar-refractivity contribution < 1.29 is 0 Å². The zero-order valence-corrected chi connectivity index (χ0v) is 9.85. The monoisotopic (exact) mass is 232 g/mol. The summed E-state index contributed by atoms with van der Waals surface area (Å²) < 4.78 is 2.08. The van der Waals surface area contributed by atoms with Crippen molar-refractivity contribution in [2.75, 3.05) is 17.6 Å². The van der Waals surface area contributed by atoms with E-state index < -0.39 is 0 Å². The van der Waals surface area contributed by atoms with Gasteiger partial charge in [-0.1, -0.05) is 0 Å². The topological polar surface area (TPSA) is 81.7 Å². The lowest BCUT2D eigenvalue weighted by atomic mass is 10.4. The summed E-state index contributed by atoms with van der Waals surface area (Å²) in [6, 6.07) is 0. The minimum Gasteiger partial charge on any atom is -0.368 e. The van der Waals surface area contributed by atoms with Gasteiger partial charge in [0.05, 0.1) is 6.33 Å². The van der Waals surface area contributed by atoms with Gasteiger partial charge in [0.25, 0.3) is 0 Å². The van der Waals surface area contributed by atoms with Gasteiger partial charge in [-0.05, 0) is 25.7 Å². The number of fused-ring (bicyclic) bond motifs is 1. The fourth-order valence-corrected chi connectivity index (χ4v) is 1.96. The Hall–Kier alpha value is -1.85. The van der Waals surface area contributed by atoms with Crippen molar-refractivity contribution in [1.82, 2.24) is 19.5 Å². The van der Waals surface area contributed by atoms with Crippen LogP contribution in [0.15, 0.2) is 6.33 Å². The molecule has 0 bridgehead atoms. The summed E-state index contributed by atoms with van der Waals surface area (Å²) in [5.74, 6) is 1.81. The van der Waals surface area contributed by atoms with E-state index >= 15 is 0 Å². The highest BCUT2D eigenvalue weighted by Crippen LogP contribution is 2.32. The summed E-state index contributed by atoms with van der Waals surface area (Å²) in [6.07, 6.45) is 4.44. The molecule has 6 nitrogen and oxygen atoms in total. The standard InChI is InChI=1S/C11H16N6/c1-2-13-9-8-10(16-11(12)15-9)17(6-14-8)5-7-3-4-7/h6-7H,2-5H2,1H3,(H3,12,13,15,16). The zero-order valence-electron chi connectivity index (χ0n) is 9.85. The van der Waals surface area contributed by atoms with Crippen LogP contribution in [0.5, 0.6) is 0 Å². The van der Waals surface area contributed by atoms with Gasteiger partial charge in [-0.3, -0.25) is 0 Å². The number of aromatic nitrogens is 4. The Labute approximate surface area is 99.3 Å². The first-order valence-electron chi connectivity index (χ1n) is 6.00. The molecule has 17 heavy (non-hydrogen) atoms. The zero-order chi connectivity index (χ0) is 11.8. The number of hydrogen-bond acceptors (Lipinski definition) is 5. The van der Waals surface area contributed by atoms with E-state index in [1.807, 2.05) is 13.3 Å². The van der Waals surface area contributed by atoms with E-state index in [2.05, 4.69) is 24.8 Å². The molecule has 6 heteroatoms. The van der Waals surface area contributed by atoms with E-state index in [1.54, 1.807) is 0 Å². The minimum absolute atomic E-state index is 0.297. The van der Waals surface area contributed by atoms with Crippen molar-refractivity contribution in [3.05, 3.63) is 6.33 Å². The highest BCUT2D eigenvalue weighted by Gasteiger charge is 2.23. The highest BCUT2D eigenvalue weighted by molar-refractivity contribution is 5.84. The smallest absolute Gasteiger partial charge is 0.224 e. The van der Waals surface area contributed by atoms with Crippen LogP contribution < -0.4 is 11.1 Å². The highest BCUT2D eigenvalue weighted by atomic mass is 15.2. The molecular formula is C11H16N6. The van der Waals surface area contributed by atoms with Crippen LogP contribution in [0.2, 0.25) is 0 Å². The third-order valence-electron chi connectivity index (χ3n) is 2.98. The van der Waals surface area contributed by atoms with Crippen molar-refractivity contribution in [3.63, 3.8) is 0 Å². The predicted molar refractivity (Wildman–Crippen MR) is 66.6 cm³/mol. The molecule has 2 aromatic rings. The maximum atomic E-state index is 5.73. The average Bonchev–Trinajstić information content (AvgIpc) is 3.01. The van der Waals surface area contributed by atoms with Crippen molar-refractivity contribution in [2.24, 2.45) is 5.92 Å². The molecule has 0 aliphatic heterocycles. The lowest BCUT2D eigenvalue weighted by molar-refractivity contribution is 0.638. The maximum absolute atomic E-state index is 5.73. The van der Waals surface area contributed by atoms with Crippen LogP contribution in [0.4, 0.5) is 11.8 Å². The Balaban J connectivity index is 2.06. The van der Waals surface area contributed by atoms with E-state index in [-0.39, 0.29) is 0 Å². The Morgan fingerprint density at radius 1 is 1.47 bits per heavy atom. The van der Waals surface area contributed by atoms with Gasteiger partial charge in [0.2, 0.25) is 5.95 Å². The SMILES string of the molecule is CCNc1nc(N)nc2c1ncn2CC1CC1. The number of anilines is 2. The Bertz CT molecular complexity index is 542. The minimum atomic E-state index is 0.297. The molecule has 1 fully saturated rings. The number of imidazole rings is 1. The summed E-state index contributed by atoms with van der Waals surface area (Å²) in [5.41, 5.74) is 7.37. The molecular weight excluding hydrogens is 216 g/mol. The number of rotatable bonds is 4. The first kappa shape index (κ1) is 10.3. The molecule has 3 N–H and O–H groups in total. The second-order valence-electron chi connectivity index (χ2n) is 4.47. The molecule has 0 spiro atoms. The van der Waals surface area contributed by atoms with Crippen LogP contribution in [0.1, 0.15) is 19.8 Å². The number of nitrogens with two attached hydrogens (primary N) is 1. The fraction of sp³-hybridized carbons (Fsp3) is 0.545. The predicted octanol–water partition coefficient (Wildman–Crippen LogP) is 1.25. The van der Waals surface area contributed by atoms with Crippen LogP contribution >= 0.6 is 0 Å². The van der Waals surface area contributed by atoms with Gasteiger partial charge in [0.1, 0.15) is 0 Å². The molecule has 0 saturated heterocycles. The van der Waals surface area contributed by atoms with Crippen LogP contribution in [0.3, 0.4) is 0 Å². The van der Waals surface area contributed by atoms with Gasteiger partial charge in [-0.25, -0.2) is 4.98 Å². The Morgan fingerprint density at radius 2 is 2.29 bits per heavy atom. The molecule has 0 radical (unpaired) electrons. The van der Waals surface area contributed by atoms with Crippen molar-refractivity contribution in [1.29, 1.82) is 0 Å². The lowest BCUT2D eigenvalue weighted by Gasteiger charge is -2.05. The molecule has 0 atom stereocenters. The van der Waals surface area contributed by atoms with Crippen molar-refractivity contribution in [2.45, 2.75) is 26.3 Å². The molecule has 2 aromatic heterocycles. The van der Waals surface area contributed by atoms with Gasteiger partial charge in [-0.2, -0.15) is 9.97 Å². The Morgan fingerprint density at radius 3 is 3.00 bits per heavy atom. The average molecular weight is 232 g/mol. The quantitative estimate of drug-likeness (QED) is 0.829. The van der Waals surface area contributed by atoms with E-state index in [4.69, 9.17) is 5.73 Å². The summed E-state index contributed by atoms with van der Waals surface area (Å²) in [7, 11) is 0. The van der Waals surface area contributed by atoms with Crippen molar-refractivity contribution in [3.8, 4) is 0 Å². The van der Waals surface area contributed by atoms with Crippen molar-refractivity contribution >= 4 is 22.9 Å². The van der Waals surface area contributed by atoms with Gasteiger partial charge in [0, 0.05) is 13.1 Å². The van der Waals surface area contributed by atoms with Gasteiger partial charge < -0.3 is 15.6 Å². The molecule has 0 aromatic carbocycles. The first-order valence-corrected chi connectivity index (χ1v) is 6.00. The number of nitrogen functional groups attached to an aromatic ring is 1. The van der Waals surface area contributed by atoms with Crippen LogP contribution in [0, 0.1) is 5.92 Å². The van der Waals surface area contributed by atoms with Gasteiger partial charge in [0.15, 0.2) is 17.0 Å². The number of hydrogen-bond donors (Lipinski definition) is 2. The molecule has 90 valence electrons. The van der Waals surface area contributed by atoms with Gasteiger partial charge >= 0.3 is 0 Å².